The van der Waals surface area contributed by atoms with Crippen molar-refractivity contribution >= 4 is 17.6 Å². The van der Waals surface area contributed by atoms with Crippen LogP contribution in [0.4, 0.5) is 11.4 Å². The van der Waals surface area contributed by atoms with Crippen LogP contribution >= 0.6 is 0 Å². The third-order valence-electron chi connectivity index (χ3n) is 3.60. The van der Waals surface area contributed by atoms with Gasteiger partial charge in [0.2, 0.25) is 0 Å². The number of hydrazone groups is 1. The van der Waals surface area contributed by atoms with Gasteiger partial charge in [-0.15, -0.1) is 0 Å². The summed E-state index contributed by atoms with van der Waals surface area (Å²) >= 11 is 0. The molecule has 0 aliphatic rings. The van der Waals surface area contributed by atoms with Gasteiger partial charge in [0.05, 0.1) is 11.4 Å². The Balaban J connectivity index is 1.73. The van der Waals surface area contributed by atoms with E-state index in [1.807, 2.05) is 53.7 Å². The van der Waals surface area contributed by atoms with Crippen molar-refractivity contribution in [1.29, 1.82) is 0 Å². The van der Waals surface area contributed by atoms with Gasteiger partial charge in [0.25, 0.3) is 0 Å². The van der Waals surface area contributed by atoms with Crippen molar-refractivity contribution in [2.24, 2.45) is 5.10 Å². The first-order valence-corrected chi connectivity index (χ1v) is 7.90. The lowest BCUT2D eigenvalue weighted by atomic mass is 10.1. The zero-order valence-corrected chi connectivity index (χ0v) is 13.0. The molecule has 0 unspecified atom stereocenters. The van der Waals surface area contributed by atoms with Crippen molar-refractivity contribution in [2.45, 2.75) is 12.8 Å². The second kappa shape index (κ2) is 7.95. The number of anilines is 2. The molecule has 3 aromatic rings. The Morgan fingerprint density at radius 1 is 0.652 bits per heavy atom. The van der Waals surface area contributed by atoms with Gasteiger partial charge in [0, 0.05) is 6.21 Å². The van der Waals surface area contributed by atoms with Crippen LogP contribution < -0.4 is 5.01 Å². The second-order valence-electron chi connectivity index (χ2n) is 5.31. The molecule has 0 aromatic heterocycles. The summed E-state index contributed by atoms with van der Waals surface area (Å²) in [5.41, 5.74) is 3.47. The highest BCUT2D eigenvalue weighted by Gasteiger charge is 2.05. The molecule has 0 fully saturated rings. The molecule has 23 heavy (non-hydrogen) atoms. The van der Waals surface area contributed by atoms with E-state index in [-0.39, 0.29) is 0 Å². The summed E-state index contributed by atoms with van der Waals surface area (Å²) in [7, 11) is 0. The molecule has 0 amide bonds. The molecule has 0 saturated heterocycles. The number of hydrogen-bond acceptors (Lipinski definition) is 2. The van der Waals surface area contributed by atoms with Crippen molar-refractivity contribution in [3.8, 4) is 0 Å². The van der Waals surface area contributed by atoms with Crippen molar-refractivity contribution in [1.82, 2.24) is 0 Å². The monoisotopic (exact) mass is 300 g/mol. The van der Waals surface area contributed by atoms with Crippen LogP contribution in [-0.4, -0.2) is 6.21 Å². The van der Waals surface area contributed by atoms with Crippen LogP contribution in [-0.2, 0) is 6.42 Å². The molecule has 2 nitrogen and oxygen atoms in total. The standard InChI is InChI=1S/C21H20N2/c1-4-11-19(12-5-1)13-10-18-22-23(20-14-6-2-7-15-20)21-16-8-3-9-17-21/h1-9,11-12,14-18H,10,13H2/b22-18-. The van der Waals surface area contributed by atoms with Crippen LogP contribution in [0.5, 0.6) is 0 Å². The van der Waals surface area contributed by atoms with E-state index < -0.39 is 0 Å². The van der Waals surface area contributed by atoms with Gasteiger partial charge in [-0.1, -0.05) is 66.7 Å². The molecular formula is C21H20N2. The zero-order valence-electron chi connectivity index (χ0n) is 13.0. The largest absolute Gasteiger partial charge is 0.234 e. The van der Waals surface area contributed by atoms with E-state index in [1.165, 1.54) is 5.56 Å². The van der Waals surface area contributed by atoms with Crippen LogP contribution in [0, 0.1) is 0 Å². The van der Waals surface area contributed by atoms with Gasteiger partial charge >= 0.3 is 0 Å². The van der Waals surface area contributed by atoms with Gasteiger partial charge < -0.3 is 0 Å². The smallest absolute Gasteiger partial charge is 0.0652 e. The molecule has 2 heteroatoms. The maximum absolute atomic E-state index is 4.69. The Labute approximate surface area is 137 Å². The average molecular weight is 300 g/mol. The van der Waals surface area contributed by atoms with Crippen molar-refractivity contribution < 1.29 is 0 Å². The Bertz CT molecular complexity index is 682. The van der Waals surface area contributed by atoms with Crippen molar-refractivity contribution in [3.05, 3.63) is 96.6 Å². The first-order valence-electron chi connectivity index (χ1n) is 7.90. The van der Waals surface area contributed by atoms with E-state index in [0.29, 0.717) is 0 Å². The van der Waals surface area contributed by atoms with E-state index in [4.69, 9.17) is 0 Å². The first kappa shape index (κ1) is 15.0. The molecular weight excluding hydrogens is 280 g/mol. The minimum Gasteiger partial charge on any atom is -0.234 e. The Morgan fingerprint density at radius 3 is 1.65 bits per heavy atom. The fraction of sp³-hybridized carbons (Fsp3) is 0.0952. The summed E-state index contributed by atoms with van der Waals surface area (Å²) in [4.78, 5) is 0. The Kier molecular flexibility index (Phi) is 5.20. The molecule has 0 atom stereocenters. The molecule has 0 N–H and O–H groups in total. The van der Waals surface area contributed by atoms with E-state index in [2.05, 4.69) is 53.6 Å². The summed E-state index contributed by atoms with van der Waals surface area (Å²) < 4.78 is 0. The van der Waals surface area contributed by atoms with Crippen molar-refractivity contribution in [2.75, 3.05) is 5.01 Å². The van der Waals surface area contributed by atoms with E-state index in [1.54, 1.807) is 0 Å². The molecule has 0 saturated carbocycles. The molecule has 0 aliphatic carbocycles. The van der Waals surface area contributed by atoms with Crippen LogP contribution in [0.3, 0.4) is 0 Å². The van der Waals surface area contributed by atoms with Crippen LogP contribution in [0.2, 0.25) is 0 Å². The quantitative estimate of drug-likeness (QED) is 0.437. The second-order valence-corrected chi connectivity index (χ2v) is 5.31. The van der Waals surface area contributed by atoms with Gasteiger partial charge in [0.1, 0.15) is 0 Å². The number of hydrogen-bond donors (Lipinski definition) is 0. The molecule has 0 aliphatic heterocycles. The van der Waals surface area contributed by atoms with E-state index in [0.717, 1.165) is 24.2 Å². The van der Waals surface area contributed by atoms with E-state index >= 15 is 0 Å². The molecule has 114 valence electrons. The third-order valence-corrected chi connectivity index (χ3v) is 3.60. The highest BCUT2D eigenvalue weighted by Crippen LogP contribution is 2.24. The molecule has 0 radical (unpaired) electrons. The van der Waals surface area contributed by atoms with Gasteiger partial charge in [-0.2, -0.15) is 5.10 Å². The predicted octanol–water partition coefficient (Wildman–Crippen LogP) is 5.44. The molecule has 0 heterocycles. The van der Waals surface area contributed by atoms with E-state index in [9.17, 15) is 0 Å². The highest BCUT2D eigenvalue weighted by atomic mass is 15.5. The van der Waals surface area contributed by atoms with Crippen molar-refractivity contribution in [3.63, 3.8) is 0 Å². The number of rotatable bonds is 6. The summed E-state index contributed by atoms with van der Waals surface area (Å²) in [5.74, 6) is 0. The fourth-order valence-corrected chi connectivity index (χ4v) is 2.44. The van der Waals surface area contributed by atoms with Crippen LogP contribution in [0.25, 0.3) is 0 Å². The molecule has 0 spiro atoms. The zero-order chi connectivity index (χ0) is 15.7. The Hall–Kier alpha value is -2.87. The number of nitrogens with zero attached hydrogens (tertiary/aromatic N) is 2. The maximum atomic E-state index is 4.69. The SMILES string of the molecule is C(/CCc1ccccc1)=N/N(c1ccccc1)c1ccccc1. The average Bonchev–Trinajstić information content (AvgIpc) is 2.64. The normalized spacial score (nSPS) is 10.8. The van der Waals surface area contributed by atoms with Gasteiger partial charge in [0.15, 0.2) is 0 Å². The summed E-state index contributed by atoms with van der Waals surface area (Å²) in [6, 6.07) is 31.0. The minimum absolute atomic E-state index is 0.917. The highest BCUT2D eigenvalue weighted by molar-refractivity contribution is 5.67. The molecule has 3 rings (SSSR count). The third kappa shape index (κ3) is 4.30. The van der Waals surface area contributed by atoms with Gasteiger partial charge in [-0.05, 0) is 42.7 Å². The van der Waals surface area contributed by atoms with Crippen LogP contribution in [0.15, 0.2) is 96.1 Å². The minimum atomic E-state index is 0.917. The van der Waals surface area contributed by atoms with Crippen LogP contribution in [0.1, 0.15) is 12.0 Å². The Morgan fingerprint density at radius 2 is 1.13 bits per heavy atom. The number of para-hydroxylation sites is 2. The summed E-state index contributed by atoms with van der Waals surface area (Å²) in [5, 5.41) is 6.66. The fourth-order valence-electron chi connectivity index (χ4n) is 2.44. The maximum Gasteiger partial charge on any atom is 0.0652 e. The lowest BCUT2D eigenvalue weighted by molar-refractivity contribution is 1.02. The predicted molar refractivity (Wildman–Crippen MR) is 98.3 cm³/mol. The summed E-state index contributed by atoms with van der Waals surface area (Å²) in [6.45, 7) is 0. The van der Waals surface area contributed by atoms with Gasteiger partial charge in [-0.3, -0.25) is 0 Å². The van der Waals surface area contributed by atoms with Gasteiger partial charge in [-0.25, -0.2) is 5.01 Å². The number of benzene rings is 3. The lowest BCUT2D eigenvalue weighted by Gasteiger charge is -2.19. The topological polar surface area (TPSA) is 15.6 Å². The first-order chi connectivity index (χ1) is 11.4. The summed E-state index contributed by atoms with van der Waals surface area (Å²) in [6.07, 6.45) is 3.91. The molecule has 0 bridgehead atoms. The lowest BCUT2D eigenvalue weighted by Crippen LogP contribution is -2.09. The molecule has 3 aromatic carbocycles. The number of aryl methyl sites for hydroxylation is 1.